The molecule has 1 heterocycles. The van der Waals surface area contributed by atoms with Crippen LogP contribution in [0.15, 0.2) is 24.3 Å². The molecule has 5 heteroatoms. The van der Waals surface area contributed by atoms with Crippen molar-refractivity contribution in [1.29, 1.82) is 0 Å². The third kappa shape index (κ3) is 3.50. The van der Waals surface area contributed by atoms with Gasteiger partial charge in [0.2, 0.25) is 0 Å². The molecule has 4 nitrogen and oxygen atoms in total. The van der Waals surface area contributed by atoms with Crippen LogP contribution in [0.4, 0.5) is 0 Å². The zero-order valence-electron chi connectivity index (χ0n) is 11.3. The summed E-state index contributed by atoms with van der Waals surface area (Å²) in [4.78, 5) is 12.2. The van der Waals surface area contributed by atoms with Crippen molar-refractivity contribution in [2.75, 3.05) is 11.5 Å². The van der Waals surface area contributed by atoms with Gasteiger partial charge < -0.3 is 5.32 Å². The predicted octanol–water partition coefficient (Wildman–Crippen LogP) is 2.82. The van der Waals surface area contributed by atoms with E-state index in [0.717, 1.165) is 28.8 Å². The van der Waals surface area contributed by atoms with E-state index in [1.807, 2.05) is 43.0 Å². The Hall–Kier alpha value is -1.49. The first-order chi connectivity index (χ1) is 9.22. The lowest BCUT2D eigenvalue weighted by Crippen LogP contribution is -2.33. The highest BCUT2D eigenvalue weighted by atomic mass is 32.2. The molecule has 0 spiro atoms. The van der Waals surface area contributed by atoms with Gasteiger partial charge in [-0.25, -0.2) is 0 Å². The molecule has 1 aromatic heterocycles. The van der Waals surface area contributed by atoms with E-state index in [-0.39, 0.29) is 11.9 Å². The largest absolute Gasteiger partial charge is 0.348 e. The van der Waals surface area contributed by atoms with Crippen LogP contribution in [0.5, 0.6) is 0 Å². The van der Waals surface area contributed by atoms with Gasteiger partial charge in [0.25, 0.3) is 5.91 Å². The molecule has 2 aromatic rings. The Bertz CT molecular complexity index is 552. The van der Waals surface area contributed by atoms with Gasteiger partial charge in [0.05, 0.1) is 5.52 Å². The Morgan fingerprint density at radius 2 is 2.26 bits per heavy atom. The summed E-state index contributed by atoms with van der Waals surface area (Å²) in [6.45, 7) is 4.17. The summed E-state index contributed by atoms with van der Waals surface area (Å²) >= 11 is 1.89. The second kappa shape index (κ2) is 6.61. The van der Waals surface area contributed by atoms with Crippen molar-refractivity contribution in [2.24, 2.45) is 0 Å². The Kier molecular flexibility index (Phi) is 4.85. The number of amides is 1. The highest BCUT2D eigenvalue weighted by Gasteiger charge is 2.15. The van der Waals surface area contributed by atoms with E-state index in [1.165, 1.54) is 0 Å². The van der Waals surface area contributed by atoms with E-state index < -0.39 is 0 Å². The van der Waals surface area contributed by atoms with Crippen LogP contribution in [0.2, 0.25) is 0 Å². The van der Waals surface area contributed by atoms with E-state index in [2.05, 4.69) is 22.4 Å². The molecule has 0 bridgehead atoms. The number of hydrogen-bond donors (Lipinski definition) is 2. The smallest absolute Gasteiger partial charge is 0.272 e. The standard InChI is InChI=1S/C14H19N3OS/c1-3-19-9-8-10(2)15-14(18)13-11-6-4-5-7-12(11)16-17-13/h4-7,10H,3,8-9H2,1-2H3,(H,15,18)(H,16,17). The zero-order chi connectivity index (χ0) is 13.7. The first-order valence-corrected chi connectivity index (χ1v) is 7.69. The maximum absolute atomic E-state index is 12.2. The molecular formula is C14H19N3OS. The fourth-order valence-electron chi connectivity index (χ4n) is 1.91. The molecule has 1 unspecified atom stereocenters. The number of rotatable bonds is 6. The number of hydrogen-bond acceptors (Lipinski definition) is 3. The Balaban J connectivity index is 2.00. The summed E-state index contributed by atoms with van der Waals surface area (Å²) in [5.74, 6) is 2.08. The molecule has 0 aliphatic carbocycles. The van der Waals surface area contributed by atoms with Gasteiger partial charge in [-0.05, 0) is 30.9 Å². The molecular weight excluding hydrogens is 258 g/mol. The van der Waals surface area contributed by atoms with Crippen LogP contribution in [0.1, 0.15) is 30.8 Å². The average molecular weight is 277 g/mol. The quantitative estimate of drug-likeness (QED) is 0.798. The molecule has 0 saturated carbocycles. The number of carbonyl (C=O) groups is 1. The molecule has 0 aliphatic rings. The number of carbonyl (C=O) groups excluding carboxylic acids is 1. The van der Waals surface area contributed by atoms with Gasteiger partial charge in [-0.1, -0.05) is 25.1 Å². The van der Waals surface area contributed by atoms with E-state index in [0.29, 0.717) is 5.69 Å². The van der Waals surface area contributed by atoms with Crippen LogP contribution in [-0.2, 0) is 0 Å². The Morgan fingerprint density at radius 1 is 1.47 bits per heavy atom. The van der Waals surface area contributed by atoms with Gasteiger partial charge in [0.15, 0.2) is 5.69 Å². The molecule has 0 radical (unpaired) electrons. The molecule has 0 fully saturated rings. The molecule has 102 valence electrons. The van der Waals surface area contributed by atoms with E-state index >= 15 is 0 Å². The number of aromatic nitrogens is 2. The van der Waals surface area contributed by atoms with Crippen LogP contribution in [0.3, 0.4) is 0 Å². The maximum atomic E-state index is 12.2. The predicted molar refractivity (Wildman–Crippen MR) is 80.6 cm³/mol. The number of para-hydroxylation sites is 1. The normalized spacial score (nSPS) is 12.5. The Labute approximate surface area is 117 Å². The second-order valence-electron chi connectivity index (χ2n) is 4.48. The SMILES string of the molecule is CCSCCC(C)NC(=O)c1n[nH]c2ccccc12. The third-order valence-electron chi connectivity index (χ3n) is 2.96. The summed E-state index contributed by atoms with van der Waals surface area (Å²) in [6, 6.07) is 7.83. The Morgan fingerprint density at radius 3 is 3.05 bits per heavy atom. The monoisotopic (exact) mass is 277 g/mol. The number of H-pyrrole nitrogens is 1. The maximum Gasteiger partial charge on any atom is 0.272 e. The summed E-state index contributed by atoms with van der Waals surface area (Å²) in [7, 11) is 0. The van der Waals surface area contributed by atoms with Gasteiger partial charge >= 0.3 is 0 Å². The van der Waals surface area contributed by atoms with Crippen LogP contribution in [0.25, 0.3) is 10.9 Å². The number of nitrogens with one attached hydrogen (secondary N) is 2. The lowest BCUT2D eigenvalue weighted by atomic mass is 10.2. The van der Waals surface area contributed by atoms with Crippen LogP contribution in [0, 0.1) is 0 Å². The van der Waals surface area contributed by atoms with Crippen LogP contribution in [-0.4, -0.2) is 33.7 Å². The molecule has 0 saturated heterocycles. The highest BCUT2D eigenvalue weighted by Crippen LogP contribution is 2.15. The highest BCUT2D eigenvalue weighted by molar-refractivity contribution is 7.99. The van der Waals surface area contributed by atoms with E-state index in [9.17, 15) is 4.79 Å². The lowest BCUT2D eigenvalue weighted by Gasteiger charge is -2.12. The molecule has 2 rings (SSSR count). The summed E-state index contributed by atoms with van der Waals surface area (Å²) < 4.78 is 0. The molecule has 1 aromatic carbocycles. The lowest BCUT2D eigenvalue weighted by molar-refractivity contribution is 0.0936. The van der Waals surface area contributed by atoms with E-state index in [4.69, 9.17) is 0 Å². The molecule has 1 amide bonds. The first kappa shape index (κ1) is 13.9. The van der Waals surface area contributed by atoms with Gasteiger partial charge in [-0.3, -0.25) is 9.89 Å². The van der Waals surface area contributed by atoms with Crippen molar-refractivity contribution in [3.8, 4) is 0 Å². The number of benzene rings is 1. The number of fused-ring (bicyclic) bond motifs is 1. The number of thioether (sulfide) groups is 1. The van der Waals surface area contributed by atoms with Crippen molar-refractivity contribution in [3.63, 3.8) is 0 Å². The minimum absolute atomic E-state index is 0.105. The fourth-order valence-corrected chi connectivity index (χ4v) is 2.71. The fraction of sp³-hybridized carbons (Fsp3) is 0.429. The molecule has 2 N–H and O–H groups in total. The van der Waals surface area contributed by atoms with Crippen molar-refractivity contribution in [2.45, 2.75) is 26.3 Å². The van der Waals surface area contributed by atoms with E-state index in [1.54, 1.807) is 0 Å². The summed E-state index contributed by atoms with van der Waals surface area (Å²) in [5.41, 5.74) is 1.37. The van der Waals surface area contributed by atoms with Gasteiger partial charge in [0.1, 0.15) is 0 Å². The number of aromatic amines is 1. The topological polar surface area (TPSA) is 57.8 Å². The van der Waals surface area contributed by atoms with Crippen molar-refractivity contribution >= 4 is 28.6 Å². The van der Waals surface area contributed by atoms with Gasteiger partial charge in [-0.15, -0.1) is 0 Å². The molecule has 1 atom stereocenters. The van der Waals surface area contributed by atoms with Gasteiger partial charge in [-0.2, -0.15) is 16.9 Å². The molecule has 0 aliphatic heterocycles. The summed E-state index contributed by atoms with van der Waals surface area (Å²) in [5, 5.41) is 10.9. The minimum atomic E-state index is -0.105. The van der Waals surface area contributed by atoms with Crippen molar-refractivity contribution in [3.05, 3.63) is 30.0 Å². The average Bonchev–Trinajstić information content (AvgIpc) is 2.83. The van der Waals surface area contributed by atoms with Gasteiger partial charge in [0, 0.05) is 11.4 Å². The second-order valence-corrected chi connectivity index (χ2v) is 5.87. The summed E-state index contributed by atoms with van der Waals surface area (Å²) in [6.07, 6.45) is 0.979. The van der Waals surface area contributed by atoms with Crippen LogP contribution >= 0.6 is 11.8 Å². The molecule has 19 heavy (non-hydrogen) atoms. The third-order valence-corrected chi connectivity index (χ3v) is 3.89. The van der Waals surface area contributed by atoms with Crippen LogP contribution < -0.4 is 5.32 Å². The minimum Gasteiger partial charge on any atom is -0.348 e. The van der Waals surface area contributed by atoms with Crippen molar-refractivity contribution < 1.29 is 4.79 Å². The zero-order valence-corrected chi connectivity index (χ0v) is 12.1. The number of nitrogens with zero attached hydrogens (tertiary/aromatic N) is 1. The van der Waals surface area contributed by atoms with Crippen molar-refractivity contribution in [1.82, 2.24) is 15.5 Å². The first-order valence-electron chi connectivity index (χ1n) is 6.54.